The SMILES string of the molecule is C[Si](C)(C)O.[H-].[H-].[K+].[Li+]. The average Bonchev–Trinajstić information content (AvgIpc) is 0.722. The van der Waals surface area contributed by atoms with E-state index in [0.29, 0.717) is 0 Å². The predicted molar refractivity (Wildman–Crippen MR) is 27.8 cm³/mol. The topological polar surface area (TPSA) is 20.2 Å². The zero-order valence-electron chi connectivity index (χ0n) is 7.95. The van der Waals surface area contributed by atoms with Gasteiger partial charge in [0.05, 0.1) is 0 Å². The van der Waals surface area contributed by atoms with E-state index in [1.54, 1.807) is 0 Å². The second kappa shape index (κ2) is 6.53. The number of rotatable bonds is 0. The van der Waals surface area contributed by atoms with Crippen LogP contribution in [0.4, 0.5) is 0 Å². The maximum Gasteiger partial charge on any atom is 1.00 e. The molecule has 0 heterocycles. The van der Waals surface area contributed by atoms with E-state index in [1.807, 2.05) is 19.6 Å². The van der Waals surface area contributed by atoms with Crippen LogP contribution >= 0.6 is 0 Å². The first kappa shape index (κ1) is 16.2. The Hall–Kier alpha value is 2.41. The molecule has 1 nitrogen and oxygen atoms in total. The van der Waals surface area contributed by atoms with Crippen molar-refractivity contribution in [2.45, 2.75) is 19.6 Å². The first-order valence-electron chi connectivity index (χ1n) is 1.72. The molecule has 0 radical (unpaired) electrons. The van der Waals surface area contributed by atoms with E-state index in [9.17, 15) is 0 Å². The Balaban J connectivity index is -0.0000000133. The van der Waals surface area contributed by atoms with Crippen LogP contribution in [0, 0.1) is 0 Å². The van der Waals surface area contributed by atoms with E-state index in [2.05, 4.69) is 0 Å². The minimum absolute atomic E-state index is 0. The van der Waals surface area contributed by atoms with E-state index < -0.39 is 8.32 Å². The van der Waals surface area contributed by atoms with Crippen molar-refractivity contribution in [1.29, 1.82) is 0 Å². The molecule has 0 aromatic carbocycles. The van der Waals surface area contributed by atoms with Crippen molar-refractivity contribution >= 4 is 8.32 Å². The third-order valence-electron chi connectivity index (χ3n) is 0. The molecule has 0 aliphatic rings. The summed E-state index contributed by atoms with van der Waals surface area (Å²) in [7, 11) is -1.61. The second-order valence-electron chi connectivity index (χ2n) is 2.17. The van der Waals surface area contributed by atoms with Crippen LogP contribution in [0.1, 0.15) is 2.85 Å². The normalized spacial score (nSPS) is 8.57. The van der Waals surface area contributed by atoms with Gasteiger partial charge in [-0.2, -0.15) is 0 Å². The van der Waals surface area contributed by atoms with Crippen LogP contribution < -0.4 is 70.2 Å². The van der Waals surface area contributed by atoms with E-state index >= 15 is 0 Å². The Morgan fingerprint density at radius 3 is 1.29 bits per heavy atom. The molecule has 0 bridgehead atoms. The summed E-state index contributed by atoms with van der Waals surface area (Å²) in [5.41, 5.74) is 0. The zero-order chi connectivity index (χ0) is 4.50. The van der Waals surface area contributed by atoms with E-state index in [-0.39, 0.29) is 73.1 Å². The van der Waals surface area contributed by atoms with Gasteiger partial charge in [0.2, 0.25) is 0 Å². The molecule has 0 aliphatic carbocycles. The van der Waals surface area contributed by atoms with Gasteiger partial charge in [-0.15, -0.1) is 0 Å². The fourth-order valence-corrected chi connectivity index (χ4v) is 0. The third-order valence-corrected chi connectivity index (χ3v) is 0. The Bertz CT molecular complexity index is 37.3. The largest absolute Gasteiger partial charge is 1.00 e. The van der Waals surface area contributed by atoms with Crippen molar-refractivity contribution in [1.82, 2.24) is 0 Å². The Morgan fingerprint density at radius 2 is 1.29 bits per heavy atom. The minimum Gasteiger partial charge on any atom is -1.00 e. The van der Waals surface area contributed by atoms with Crippen molar-refractivity contribution in [3.63, 3.8) is 0 Å². The molecule has 4 heteroatoms. The molecular formula is C3H12KLiOSi. The van der Waals surface area contributed by atoms with Crippen molar-refractivity contribution in [3.05, 3.63) is 0 Å². The summed E-state index contributed by atoms with van der Waals surface area (Å²) in [6.07, 6.45) is 0. The maximum atomic E-state index is 8.66. The number of hydrogen-bond acceptors (Lipinski definition) is 1. The van der Waals surface area contributed by atoms with Crippen LogP contribution in [0.25, 0.3) is 0 Å². The Morgan fingerprint density at radius 1 is 1.29 bits per heavy atom. The molecule has 36 valence electrons. The van der Waals surface area contributed by atoms with Crippen molar-refractivity contribution in [2.75, 3.05) is 0 Å². The first-order chi connectivity index (χ1) is 2.00. The Labute approximate surface area is 104 Å². The minimum atomic E-state index is -1.61. The van der Waals surface area contributed by atoms with Crippen LogP contribution in [0.5, 0.6) is 0 Å². The molecule has 0 saturated carbocycles. The van der Waals surface area contributed by atoms with Crippen LogP contribution in [-0.2, 0) is 0 Å². The summed E-state index contributed by atoms with van der Waals surface area (Å²) < 4.78 is 0. The monoisotopic (exact) mass is 138 g/mol. The van der Waals surface area contributed by atoms with Gasteiger partial charge in [-0.3, -0.25) is 0 Å². The average molecular weight is 138 g/mol. The molecule has 0 saturated heterocycles. The van der Waals surface area contributed by atoms with Crippen molar-refractivity contribution in [2.24, 2.45) is 0 Å². The molecule has 0 aromatic rings. The van der Waals surface area contributed by atoms with Gasteiger partial charge in [-0.05, 0) is 19.6 Å². The molecule has 0 spiro atoms. The van der Waals surface area contributed by atoms with E-state index in [4.69, 9.17) is 4.80 Å². The molecule has 0 atom stereocenters. The summed E-state index contributed by atoms with van der Waals surface area (Å²) in [5, 5.41) is 0. The second-order valence-corrected chi connectivity index (χ2v) is 6.51. The molecule has 0 aliphatic heterocycles. The van der Waals surface area contributed by atoms with Gasteiger partial charge in [0.15, 0.2) is 8.32 Å². The van der Waals surface area contributed by atoms with Gasteiger partial charge in [-0.25, -0.2) is 0 Å². The molecule has 0 aromatic heterocycles. The van der Waals surface area contributed by atoms with Crippen molar-refractivity contribution in [3.8, 4) is 0 Å². The summed E-state index contributed by atoms with van der Waals surface area (Å²) in [5.74, 6) is 0. The van der Waals surface area contributed by atoms with Crippen LogP contribution in [-0.4, -0.2) is 13.1 Å². The van der Waals surface area contributed by atoms with Gasteiger partial charge in [0.1, 0.15) is 0 Å². The third kappa shape index (κ3) is 59.5. The summed E-state index contributed by atoms with van der Waals surface area (Å²) in [6, 6.07) is 0. The Kier molecular flexibility index (Phi) is 15.1. The fraction of sp³-hybridized carbons (Fsp3) is 1.00. The smallest absolute Gasteiger partial charge is 1.00 e. The van der Waals surface area contributed by atoms with Crippen LogP contribution in [0.3, 0.4) is 0 Å². The molecule has 0 amide bonds. The van der Waals surface area contributed by atoms with Gasteiger partial charge in [-0.1, -0.05) is 0 Å². The molecule has 0 rings (SSSR count). The van der Waals surface area contributed by atoms with Gasteiger partial charge in [0.25, 0.3) is 0 Å². The predicted octanol–water partition coefficient (Wildman–Crippen LogP) is -4.95. The van der Waals surface area contributed by atoms with Crippen molar-refractivity contribution < 1.29 is 77.9 Å². The molecule has 1 N–H and O–H groups in total. The summed E-state index contributed by atoms with van der Waals surface area (Å²) in [6.45, 7) is 5.65. The first-order valence-corrected chi connectivity index (χ1v) is 5.17. The van der Waals surface area contributed by atoms with Crippen LogP contribution in [0.15, 0.2) is 0 Å². The summed E-state index contributed by atoms with van der Waals surface area (Å²) in [4.78, 5) is 8.66. The standard InChI is InChI=1S/C3H10OSi.K.Li.2H/c1-5(2,3)4;;;;/h4H,1-3H3;;;;/q;2*+1;2*-1. The molecule has 0 fully saturated rings. The van der Waals surface area contributed by atoms with Gasteiger partial charge >= 0.3 is 70.2 Å². The quantitative estimate of drug-likeness (QED) is 0.333. The number of hydrogen-bond donors (Lipinski definition) is 1. The van der Waals surface area contributed by atoms with E-state index in [0.717, 1.165) is 0 Å². The molecule has 7 heavy (non-hydrogen) atoms. The fourth-order valence-electron chi connectivity index (χ4n) is 0. The van der Waals surface area contributed by atoms with Crippen LogP contribution in [0.2, 0.25) is 19.6 Å². The van der Waals surface area contributed by atoms with Gasteiger partial charge < -0.3 is 7.65 Å². The van der Waals surface area contributed by atoms with Gasteiger partial charge in [0, 0.05) is 0 Å². The van der Waals surface area contributed by atoms with E-state index in [1.165, 1.54) is 0 Å². The summed E-state index contributed by atoms with van der Waals surface area (Å²) >= 11 is 0. The zero-order valence-corrected chi connectivity index (χ0v) is 10.1. The maximum absolute atomic E-state index is 8.66. The molecular weight excluding hydrogens is 126 g/mol. The molecule has 0 unspecified atom stereocenters.